The number of nitrogens with one attached hydrogen (secondary N) is 1. The zero-order valence-corrected chi connectivity index (χ0v) is 10.4. The average Bonchev–Trinajstić information content (AvgIpc) is 2.28. The summed E-state index contributed by atoms with van der Waals surface area (Å²) in [5.41, 5.74) is 2.50. The van der Waals surface area contributed by atoms with E-state index in [-0.39, 0.29) is 0 Å². The fourth-order valence-electron chi connectivity index (χ4n) is 1.31. The molecule has 0 aliphatic rings. The Labute approximate surface area is 107 Å². The first-order valence-electron chi connectivity index (χ1n) is 5.47. The zero-order valence-electron chi connectivity index (χ0n) is 10.4. The standard InChI is InChI=1S/C12H14F4N2O/c1-7(8-3-5-9(13)6-4-8)18-10(19)11(2,17)12(14,15)16/h3-7H,17H2,1-2H3,(H,18,19). The maximum absolute atomic E-state index is 12.7. The van der Waals surface area contributed by atoms with Gasteiger partial charge < -0.3 is 11.1 Å². The molecule has 2 unspecified atom stereocenters. The maximum atomic E-state index is 12.7. The number of amides is 1. The van der Waals surface area contributed by atoms with E-state index in [4.69, 9.17) is 5.73 Å². The summed E-state index contributed by atoms with van der Waals surface area (Å²) in [4.78, 5) is 11.5. The van der Waals surface area contributed by atoms with E-state index in [1.54, 1.807) is 0 Å². The second kappa shape index (κ2) is 5.16. The molecule has 3 N–H and O–H groups in total. The van der Waals surface area contributed by atoms with E-state index in [9.17, 15) is 22.4 Å². The minimum atomic E-state index is -4.85. The van der Waals surface area contributed by atoms with E-state index in [0.29, 0.717) is 12.5 Å². The molecule has 3 nitrogen and oxygen atoms in total. The number of carbonyl (C=O) groups excluding carboxylic acids is 1. The normalized spacial score (nSPS) is 16.6. The molecule has 0 aliphatic carbocycles. The van der Waals surface area contributed by atoms with E-state index in [1.165, 1.54) is 19.1 Å². The molecule has 1 aromatic rings. The number of alkyl halides is 3. The third-order valence-corrected chi connectivity index (χ3v) is 2.78. The predicted octanol–water partition coefficient (Wildman–Crippen LogP) is 2.28. The Kier molecular flexibility index (Phi) is 4.19. The molecule has 1 rings (SSSR count). The highest BCUT2D eigenvalue weighted by molar-refractivity contribution is 5.86. The second-order valence-corrected chi connectivity index (χ2v) is 4.45. The molecule has 1 aromatic carbocycles. The fourth-order valence-corrected chi connectivity index (χ4v) is 1.31. The van der Waals surface area contributed by atoms with Crippen LogP contribution in [0, 0.1) is 5.82 Å². The van der Waals surface area contributed by atoms with Gasteiger partial charge in [0.15, 0.2) is 5.54 Å². The van der Waals surface area contributed by atoms with Crippen molar-refractivity contribution in [3.05, 3.63) is 35.6 Å². The Morgan fingerprint density at radius 2 is 1.74 bits per heavy atom. The Morgan fingerprint density at radius 1 is 1.26 bits per heavy atom. The molecule has 2 atom stereocenters. The molecule has 0 aromatic heterocycles. The van der Waals surface area contributed by atoms with Crippen molar-refractivity contribution in [3.63, 3.8) is 0 Å². The highest BCUT2D eigenvalue weighted by Gasteiger charge is 2.54. The molecule has 0 radical (unpaired) electrons. The smallest absolute Gasteiger partial charge is 0.348 e. The molecule has 19 heavy (non-hydrogen) atoms. The summed E-state index contributed by atoms with van der Waals surface area (Å²) >= 11 is 0. The lowest BCUT2D eigenvalue weighted by atomic mass is 10.0. The highest BCUT2D eigenvalue weighted by Crippen LogP contribution is 2.28. The lowest BCUT2D eigenvalue weighted by Crippen LogP contribution is -2.61. The van der Waals surface area contributed by atoms with Crippen LogP contribution in [0.15, 0.2) is 24.3 Å². The lowest BCUT2D eigenvalue weighted by molar-refractivity contribution is -0.187. The van der Waals surface area contributed by atoms with Gasteiger partial charge in [0.25, 0.3) is 0 Å². The molecule has 106 valence electrons. The van der Waals surface area contributed by atoms with Crippen molar-refractivity contribution < 1.29 is 22.4 Å². The van der Waals surface area contributed by atoms with Crippen molar-refractivity contribution in [2.45, 2.75) is 31.6 Å². The van der Waals surface area contributed by atoms with Crippen molar-refractivity contribution >= 4 is 5.91 Å². The average molecular weight is 278 g/mol. The van der Waals surface area contributed by atoms with Gasteiger partial charge in [-0.1, -0.05) is 12.1 Å². The highest BCUT2D eigenvalue weighted by atomic mass is 19.4. The van der Waals surface area contributed by atoms with Gasteiger partial charge in [0.2, 0.25) is 5.91 Å². The number of carbonyl (C=O) groups is 1. The van der Waals surface area contributed by atoms with Crippen LogP contribution in [0.3, 0.4) is 0 Å². The van der Waals surface area contributed by atoms with Crippen molar-refractivity contribution in [1.29, 1.82) is 0 Å². The van der Waals surface area contributed by atoms with Crippen LogP contribution in [0.4, 0.5) is 17.6 Å². The fraction of sp³-hybridized carbons (Fsp3) is 0.417. The minimum absolute atomic E-state index is 0.471. The molecule has 0 saturated heterocycles. The van der Waals surface area contributed by atoms with Crippen LogP contribution >= 0.6 is 0 Å². The summed E-state index contributed by atoms with van der Waals surface area (Å²) in [6.07, 6.45) is -4.85. The van der Waals surface area contributed by atoms with E-state index >= 15 is 0 Å². The Hall–Kier alpha value is -1.63. The topological polar surface area (TPSA) is 55.1 Å². The van der Waals surface area contributed by atoms with E-state index in [0.717, 1.165) is 12.1 Å². The van der Waals surface area contributed by atoms with Gasteiger partial charge in [-0.15, -0.1) is 0 Å². The number of hydrogen-bond acceptors (Lipinski definition) is 2. The summed E-state index contributed by atoms with van der Waals surface area (Å²) in [5.74, 6) is -1.81. The first kappa shape index (κ1) is 15.4. The van der Waals surface area contributed by atoms with Crippen LogP contribution in [-0.2, 0) is 4.79 Å². The first-order valence-corrected chi connectivity index (χ1v) is 5.47. The largest absolute Gasteiger partial charge is 0.415 e. The Bertz CT molecular complexity index is 454. The zero-order chi connectivity index (χ0) is 14.8. The van der Waals surface area contributed by atoms with Gasteiger partial charge >= 0.3 is 6.18 Å². The second-order valence-electron chi connectivity index (χ2n) is 4.45. The van der Waals surface area contributed by atoms with Crippen LogP contribution in [0.25, 0.3) is 0 Å². The van der Waals surface area contributed by atoms with E-state index in [1.807, 2.05) is 0 Å². The molecule has 0 fully saturated rings. The van der Waals surface area contributed by atoms with Crippen LogP contribution in [0.1, 0.15) is 25.5 Å². The Balaban J connectivity index is 2.80. The summed E-state index contributed by atoms with van der Waals surface area (Å²) in [7, 11) is 0. The number of benzene rings is 1. The van der Waals surface area contributed by atoms with E-state index < -0.39 is 29.5 Å². The SMILES string of the molecule is CC(NC(=O)C(C)(N)C(F)(F)F)c1ccc(F)cc1. The van der Waals surface area contributed by atoms with Crippen molar-refractivity contribution in [2.75, 3.05) is 0 Å². The molecule has 7 heteroatoms. The van der Waals surface area contributed by atoms with Crippen LogP contribution in [0.5, 0.6) is 0 Å². The predicted molar refractivity (Wildman–Crippen MR) is 61.6 cm³/mol. The van der Waals surface area contributed by atoms with Gasteiger partial charge in [-0.25, -0.2) is 4.39 Å². The van der Waals surface area contributed by atoms with Gasteiger partial charge in [-0.05, 0) is 31.5 Å². The van der Waals surface area contributed by atoms with Gasteiger partial charge in [0.05, 0.1) is 6.04 Å². The van der Waals surface area contributed by atoms with Crippen LogP contribution in [-0.4, -0.2) is 17.6 Å². The molecule has 0 saturated carbocycles. The molecule has 1 amide bonds. The first-order chi connectivity index (χ1) is 8.55. The lowest BCUT2D eigenvalue weighted by Gasteiger charge is -2.28. The van der Waals surface area contributed by atoms with Crippen molar-refractivity contribution in [1.82, 2.24) is 5.32 Å². The van der Waals surface area contributed by atoms with Crippen LogP contribution < -0.4 is 11.1 Å². The number of rotatable bonds is 3. The van der Waals surface area contributed by atoms with Gasteiger partial charge in [0.1, 0.15) is 5.82 Å². The van der Waals surface area contributed by atoms with E-state index in [2.05, 4.69) is 5.32 Å². The van der Waals surface area contributed by atoms with Gasteiger partial charge in [-0.2, -0.15) is 13.2 Å². The summed E-state index contributed by atoms with van der Waals surface area (Å²) in [6, 6.07) is 4.36. The molecular formula is C12H14F4N2O. The van der Waals surface area contributed by atoms with Crippen molar-refractivity contribution in [3.8, 4) is 0 Å². The summed E-state index contributed by atoms with van der Waals surface area (Å²) in [5, 5.41) is 2.16. The molecule has 0 bridgehead atoms. The number of nitrogens with two attached hydrogens (primary N) is 1. The molecule has 0 heterocycles. The minimum Gasteiger partial charge on any atom is -0.348 e. The van der Waals surface area contributed by atoms with Gasteiger partial charge in [-0.3, -0.25) is 4.79 Å². The molecule has 0 aliphatic heterocycles. The third kappa shape index (κ3) is 3.44. The summed E-state index contributed by atoms with van der Waals surface area (Å²) < 4.78 is 50.4. The molecular weight excluding hydrogens is 264 g/mol. The quantitative estimate of drug-likeness (QED) is 0.833. The maximum Gasteiger partial charge on any atom is 0.415 e. The van der Waals surface area contributed by atoms with Crippen molar-refractivity contribution in [2.24, 2.45) is 5.73 Å². The third-order valence-electron chi connectivity index (χ3n) is 2.78. The monoisotopic (exact) mass is 278 g/mol. The van der Waals surface area contributed by atoms with Crippen LogP contribution in [0.2, 0.25) is 0 Å². The summed E-state index contributed by atoms with van der Waals surface area (Å²) in [6.45, 7) is 2.08. The molecule has 0 spiro atoms. The number of halogens is 4. The number of hydrogen-bond donors (Lipinski definition) is 2. The van der Waals surface area contributed by atoms with Gasteiger partial charge in [0, 0.05) is 0 Å². The Morgan fingerprint density at radius 3 is 2.16 bits per heavy atom.